The van der Waals surface area contributed by atoms with Gasteiger partial charge >= 0.3 is 0 Å². The van der Waals surface area contributed by atoms with Gasteiger partial charge in [-0.1, -0.05) is 128 Å². The quantitative estimate of drug-likeness (QED) is 0.131. The molecule has 1 heterocycles. The van der Waals surface area contributed by atoms with Crippen LogP contribution in [-0.4, -0.2) is 42.2 Å². The van der Waals surface area contributed by atoms with Crippen molar-refractivity contribution in [2.45, 2.75) is 69.6 Å². The standard InChI is InChI=1S/C37H42O5S/c1-2-23-43-37-36(41-27-32-21-13-6-14-22-32)35(40-26-31-19-11-5-12-20-31)34(39-25-30-17-9-4-10-18-30)33(42-37)28-38-24-29-15-7-3-8-16-29/h3-22,33-37H,2,23-28H2,1H3/t33-,34+,35+,36-,37+/m1/s1. The molecule has 0 amide bonds. The van der Waals surface area contributed by atoms with E-state index in [1.54, 1.807) is 11.8 Å². The minimum absolute atomic E-state index is 0.230. The largest absolute Gasteiger partial charge is 0.374 e. The van der Waals surface area contributed by atoms with Crippen LogP contribution in [0.1, 0.15) is 35.6 Å². The zero-order chi connectivity index (χ0) is 29.5. The summed E-state index contributed by atoms with van der Waals surface area (Å²) in [6.07, 6.45) is -0.417. The highest BCUT2D eigenvalue weighted by atomic mass is 32.2. The summed E-state index contributed by atoms with van der Waals surface area (Å²) in [6, 6.07) is 41.0. The minimum Gasteiger partial charge on any atom is -0.374 e. The maximum absolute atomic E-state index is 6.82. The first-order chi connectivity index (χ1) is 21.3. The average Bonchev–Trinajstić information content (AvgIpc) is 3.07. The van der Waals surface area contributed by atoms with Gasteiger partial charge in [0, 0.05) is 0 Å². The Morgan fingerprint density at radius 1 is 0.535 bits per heavy atom. The lowest BCUT2D eigenvalue weighted by atomic mass is 9.98. The molecule has 0 radical (unpaired) electrons. The van der Waals surface area contributed by atoms with E-state index < -0.39 is 6.10 Å². The van der Waals surface area contributed by atoms with E-state index in [-0.39, 0.29) is 23.7 Å². The first-order valence-electron chi connectivity index (χ1n) is 15.2. The summed E-state index contributed by atoms with van der Waals surface area (Å²) in [5.41, 5.74) is 4.20. The molecule has 6 heteroatoms. The number of thioether (sulfide) groups is 1. The van der Waals surface area contributed by atoms with Crippen molar-refractivity contribution in [2.24, 2.45) is 0 Å². The monoisotopic (exact) mass is 598 g/mol. The molecule has 5 nitrogen and oxygen atoms in total. The van der Waals surface area contributed by atoms with Crippen LogP contribution in [0.15, 0.2) is 121 Å². The molecule has 1 aliphatic rings. The predicted molar refractivity (Wildman–Crippen MR) is 173 cm³/mol. The van der Waals surface area contributed by atoms with Gasteiger partial charge in [-0.2, -0.15) is 0 Å². The van der Waals surface area contributed by atoms with Crippen LogP contribution in [0.25, 0.3) is 0 Å². The van der Waals surface area contributed by atoms with Crippen LogP contribution in [-0.2, 0) is 50.1 Å². The third-order valence-corrected chi connectivity index (χ3v) is 8.68. The van der Waals surface area contributed by atoms with Crippen LogP contribution < -0.4 is 0 Å². The van der Waals surface area contributed by atoms with E-state index in [0.29, 0.717) is 33.0 Å². The molecular weight excluding hydrogens is 556 g/mol. The molecule has 0 aromatic heterocycles. The molecule has 4 aromatic rings. The van der Waals surface area contributed by atoms with Crippen molar-refractivity contribution in [1.82, 2.24) is 0 Å². The van der Waals surface area contributed by atoms with Crippen LogP contribution in [0, 0.1) is 0 Å². The van der Waals surface area contributed by atoms with Crippen LogP contribution in [0.5, 0.6) is 0 Å². The van der Waals surface area contributed by atoms with E-state index in [2.05, 4.69) is 55.5 Å². The molecule has 1 aliphatic heterocycles. The molecule has 43 heavy (non-hydrogen) atoms. The Kier molecular flexibility index (Phi) is 12.7. The molecule has 1 saturated heterocycles. The molecule has 5 atom stereocenters. The topological polar surface area (TPSA) is 46.2 Å². The molecule has 5 rings (SSSR count). The Morgan fingerprint density at radius 2 is 0.953 bits per heavy atom. The summed E-state index contributed by atoms with van der Waals surface area (Å²) in [7, 11) is 0. The Balaban J connectivity index is 1.41. The summed E-state index contributed by atoms with van der Waals surface area (Å²) in [4.78, 5) is 0. The van der Waals surface area contributed by atoms with E-state index in [1.165, 1.54) is 0 Å². The zero-order valence-corrected chi connectivity index (χ0v) is 25.6. The Hall–Kier alpha value is -2.97. The maximum Gasteiger partial charge on any atom is 0.132 e. The van der Waals surface area contributed by atoms with Gasteiger partial charge < -0.3 is 23.7 Å². The predicted octanol–water partition coefficient (Wildman–Crippen LogP) is 7.83. The van der Waals surface area contributed by atoms with Gasteiger partial charge in [0.05, 0.1) is 33.0 Å². The Morgan fingerprint density at radius 3 is 1.42 bits per heavy atom. The molecule has 4 aromatic carbocycles. The second kappa shape index (κ2) is 17.4. The number of benzene rings is 4. The third kappa shape index (κ3) is 9.77. The molecule has 226 valence electrons. The van der Waals surface area contributed by atoms with E-state index in [4.69, 9.17) is 23.7 Å². The van der Waals surface area contributed by atoms with E-state index in [0.717, 1.165) is 34.4 Å². The van der Waals surface area contributed by atoms with Crippen molar-refractivity contribution >= 4 is 11.8 Å². The second-order valence-corrected chi connectivity index (χ2v) is 11.9. The van der Waals surface area contributed by atoms with Crippen molar-refractivity contribution < 1.29 is 23.7 Å². The Bertz CT molecular complexity index is 1290. The van der Waals surface area contributed by atoms with Crippen LogP contribution >= 0.6 is 11.8 Å². The smallest absolute Gasteiger partial charge is 0.132 e. The van der Waals surface area contributed by atoms with Gasteiger partial charge in [0.15, 0.2) is 0 Å². The van der Waals surface area contributed by atoms with Gasteiger partial charge in [-0.3, -0.25) is 0 Å². The third-order valence-electron chi connectivity index (χ3n) is 7.33. The molecule has 0 saturated carbocycles. The minimum atomic E-state index is -0.404. The highest BCUT2D eigenvalue weighted by Gasteiger charge is 2.48. The normalized spacial score (nSPS) is 21.9. The van der Waals surface area contributed by atoms with Crippen molar-refractivity contribution in [3.05, 3.63) is 144 Å². The van der Waals surface area contributed by atoms with Gasteiger partial charge in [0.1, 0.15) is 29.9 Å². The second-order valence-electron chi connectivity index (χ2n) is 10.7. The lowest BCUT2D eigenvalue weighted by molar-refractivity contribution is -0.254. The van der Waals surface area contributed by atoms with Crippen LogP contribution in [0.4, 0.5) is 0 Å². The fourth-order valence-corrected chi connectivity index (χ4v) is 6.23. The van der Waals surface area contributed by atoms with Gasteiger partial charge in [0.2, 0.25) is 0 Å². The van der Waals surface area contributed by atoms with Crippen molar-refractivity contribution in [1.29, 1.82) is 0 Å². The molecule has 0 unspecified atom stereocenters. The Labute approximate surface area is 260 Å². The summed E-state index contributed by atoms with van der Waals surface area (Å²) in [5, 5.41) is 0. The van der Waals surface area contributed by atoms with Gasteiger partial charge in [0.25, 0.3) is 0 Å². The highest BCUT2D eigenvalue weighted by Crippen LogP contribution is 2.35. The molecule has 0 bridgehead atoms. The summed E-state index contributed by atoms with van der Waals surface area (Å²) in [6.45, 7) is 4.42. The maximum atomic E-state index is 6.82. The molecule has 0 N–H and O–H groups in total. The number of hydrogen-bond donors (Lipinski definition) is 0. The first-order valence-corrected chi connectivity index (χ1v) is 16.2. The van der Waals surface area contributed by atoms with E-state index in [9.17, 15) is 0 Å². The molecule has 0 aliphatic carbocycles. The van der Waals surface area contributed by atoms with Gasteiger partial charge in [-0.15, -0.1) is 11.8 Å². The fourth-order valence-electron chi connectivity index (χ4n) is 5.12. The van der Waals surface area contributed by atoms with E-state index >= 15 is 0 Å². The van der Waals surface area contributed by atoms with Crippen LogP contribution in [0.2, 0.25) is 0 Å². The number of rotatable bonds is 16. The molecule has 0 spiro atoms. The first kappa shape index (κ1) is 31.5. The van der Waals surface area contributed by atoms with E-state index in [1.807, 2.05) is 72.8 Å². The summed E-state index contributed by atoms with van der Waals surface area (Å²) in [5.74, 6) is 0.953. The lowest BCUT2D eigenvalue weighted by Gasteiger charge is -2.46. The fraction of sp³-hybridized carbons (Fsp3) is 0.351. The number of ether oxygens (including phenoxy) is 5. The number of hydrogen-bond acceptors (Lipinski definition) is 6. The summed E-state index contributed by atoms with van der Waals surface area (Å²) >= 11 is 1.78. The van der Waals surface area contributed by atoms with Crippen LogP contribution in [0.3, 0.4) is 0 Å². The lowest BCUT2D eigenvalue weighted by Crippen LogP contribution is -2.60. The summed E-state index contributed by atoms with van der Waals surface area (Å²) < 4.78 is 33.2. The van der Waals surface area contributed by atoms with Crippen molar-refractivity contribution in [3.63, 3.8) is 0 Å². The van der Waals surface area contributed by atoms with Crippen molar-refractivity contribution in [3.8, 4) is 0 Å². The highest BCUT2D eigenvalue weighted by molar-refractivity contribution is 7.99. The molecular formula is C37H42O5S. The molecule has 1 fully saturated rings. The van der Waals surface area contributed by atoms with Gasteiger partial charge in [-0.25, -0.2) is 0 Å². The zero-order valence-electron chi connectivity index (χ0n) is 24.8. The van der Waals surface area contributed by atoms with Crippen molar-refractivity contribution in [2.75, 3.05) is 12.4 Å². The van der Waals surface area contributed by atoms with Gasteiger partial charge in [-0.05, 0) is 34.4 Å². The SMILES string of the molecule is CCCS[C@@H]1O[C@H](COCc2ccccc2)[C@H](OCc2ccccc2)[C@H](OCc2ccccc2)[C@H]1OCc1ccccc1. The average molecular weight is 599 g/mol.